The molecule has 7 nitrogen and oxygen atoms in total. The van der Waals surface area contributed by atoms with Crippen molar-refractivity contribution < 1.29 is 5.11 Å². The van der Waals surface area contributed by atoms with E-state index in [4.69, 9.17) is 17.4 Å². The highest BCUT2D eigenvalue weighted by molar-refractivity contribution is 7.98. The van der Waals surface area contributed by atoms with Gasteiger partial charge in [0, 0.05) is 17.1 Å². The van der Waals surface area contributed by atoms with E-state index in [0.717, 1.165) is 22.4 Å². The monoisotopic (exact) mass is 414 g/mol. The first-order valence-electron chi connectivity index (χ1n) is 8.72. The summed E-state index contributed by atoms with van der Waals surface area (Å²) in [6.07, 6.45) is 0. The van der Waals surface area contributed by atoms with Gasteiger partial charge in [0.1, 0.15) is 5.82 Å². The van der Waals surface area contributed by atoms with Crippen molar-refractivity contribution in [2.75, 3.05) is 12.4 Å². The maximum absolute atomic E-state index is 9.43. The molecule has 2 aromatic heterocycles. The number of benzene rings is 2. The number of imidazole rings is 1. The normalized spacial score (nSPS) is 11.4. The minimum Gasteiger partial charge on any atom is -0.395 e. The van der Waals surface area contributed by atoms with Crippen molar-refractivity contribution >= 4 is 34.4 Å². The van der Waals surface area contributed by atoms with Crippen LogP contribution in [0.5, 0.6) is 0 Å². The number of hydrogen-bond acceptors (Lipinski definition) is 6. The predicted molar refractivity (Wildman–Crippen MR) is 112 cm³/mol. The van der Waals surface area contributed by atoms with Crippen molar-refractivity contribution in [3.8, 4) is 11.4 Å². The lowest BCUT2D eigenvalue weighted by atomic mass is 10.1. The fourth-order valence-corrected chi connectivity index (χ4v) is 3.98. The van der Waals surface area contributed by atoms with Crippen molar-refractivity contribution in [2.45, 2.75) is 24.4 Å². The lowest BCUT2D eigenvalue weighted by molar-refractivity contribution is 0.276. The fourth-order valence-electron chi connectivity index (χ4n) is 3.01. The summed E-state index contributed by atoms with van der Waals surface area (Å²) in [6, 6.07) is 13.5. The largest absolute Gasteiger partial charge is 0.395 e. The zero-order valence-corrected chi connectivity index (χ0v) is 16.8. The Balaban J connectivity index is 1.60. The lowest BCUT2D eigenvalue weighted by Crippen LogP contribution is -2.12. The number of hydrogen-bond donors (Lipinski definition) is 2. The van der Waals surface area contributed by atoms with Gasteiger partial charge in [-0.05, 0) is 25.1 Å². The zero-order chi connectivity index (χ0) is 19.7. The highest BCUT2D eigenvalue weighted by Gasteiger charge is 2.15. The van der Waals surface area contributed by atoms with Crippen LogP contribution in [0.15, 0.2) is 47.6 Å². The summed E-state index contributed by atoms with van der Waals surface area (Å²) in [5.74, 6) is 8.18. The van der Waals surface area contributed by atoms with Gasteiger partial charge in [-0.1, -0.05) is 53.2 Å². The maximum Gasteiger partial charge on any atom is 0.210 e. The van der Waals surface area contributed by atoms with Crippen LogP contribution in [0.2, 0.25) is 5.02 Å². The molecule has 0 aliphatic rings. The molecule has 0 spiro atoms. The van der Waals surface area contributed by atoms with E-state index < -0.39 is 0 Å². The second-order valence-corrected chi connectivity index (χ2v) is 7.75. The third kappa shape index (κ3) is 3.58. The summed E-state index contributed by atoms with van der Waals surface area (Å²) in [7, 11) is 0. The molecule has 9 heteroatoms. The third-order valence-corrected chi connectivity index (χ3v) is 5.59. The van der Waals surface area contributed by atoms with E-state index in [9.17, 15) is 5.11 Å². The van der Waals surface area contributed by atoms with E-state index in [2.05, 4.69) is 15.2 Å². The van der Waals surface area contributed by atoms with Gasteiger partial charge in [-0.3, -0.25) is 0 Å². The Morgan fingerprint density at radius 2 is 1.93 bits per heavy atom. The Kier molecular flexibility index (Phi) is 5.25. The van der Waals surface area contributed by atoms with Crippen LogP contribution in [-0.2, 0) is 12.3 Å². The van der Waals surface area contributed by atoms with Gasteiger partial charge in [0.05, 0.1) is 23.4 Å². The van der Waals surface area contributed by atoms with Gasteiger partial charge in [0.2, 0.25) is 5.16 Å². The topological polar surface area (TPSA) is 94.8 Å². The molecule has 0 saturated carbocycles. The Morgan fingerprint density at radius 3 is 2.68 bits per heavy atom. The summed E-state index contributed by atoms with van der Waals surface area (Å²) in [5, 5.41) is 19.1. The van der Waals surface area contributed by atoms with Crippen molar-refractivity contribution in [2.24, 2.45) is 0 Å². The van der Waals surface area contributed by atoms with E-state index >= 15 is 0 Å². The fraction of sp³-hybridized carbons (Fsp3) is 0.211. The van der Waals surface area contributed by atoms with Crippen molar-refractivity contribution in [3.05, 3.63) is 58.9 Å². The summed E-state index contributed by atoms with van der Waals surface area (Å²) < 4.78 is 3.46. The van der Waals surface area contributed by atoms with Crippen LogP contribution in [0.25, 0.3) is 22.4 Å². The van der Waals surface area contributed by atoms with Crippen LogP contribution in [0, 0.1) is 6.92 Å². The van der Waals surface area contributed by atoms with Crippen LogP contribution in [0.1, 0.15) is 11.4 Å². The summed E-state index contributed by atoms with van der Waals surface area (Å²) in [4.78, 5) is 4.67. The number of aryl methyl sites for hydroxylation is 1. The quantitative estimate of drug-likeness (QED) is 0.371. The summed E-state index contributed by atoms with van der Waals surface area (Å²) in [5.41, 5.74) is 3.81. The van der Waals surface area contributed by atoms with E-state index in [0.29, 0.717) is 28.3 Å². The van der Waals surface area contributed by atoms with Gasteiger partial charge < -0.3 is 15.5 Å². The standard InChI is InChI=1S/C19H19ClN6OS/c1-12-2-4-13(5-3-12)18-23-24-19(26(18)21)28-11-17-22-15-7-6-14(20)10-16(15)25(17)8-9-27/h2-7,10,27H,8-9,11,21H2,1H3. The van der Waals surface area contributed by atoms with Crippen LogP contribution in [-0.4, -0.2) is 36.1 Å². The lowest BCUT2D eigenvalue weighted by Gasteiger charge is -2.07. The predicted octanol–water partition coefficient (Wildman–Crippen LogP) is 3.26. The molecule has 3 N–H and O–H groups in total. The van der Waals surface area contributed by atoms with E-state index in [1.54, 1.807) is 0 Å². The van der Waals surface area contributed by atoms with Crippen LogP contribution in [0.3, 0.4) is 0 Å². The molecule has 2 aromatic carbocycles. The molecule has 0 atom stereocenters. The van der Waals surface area contributed by atoms with Gasteiger partial charge in [0.25, 0.3) is 0 Å². The second-order valence-electron chi connectivity index (χ2n) is 6.37. The first-order valence-corrected chi connectivity index (χ1v) is 10.1. The number of halogens is 1. The number of rotatable bonds is 6. The Morgan fingerprint density at radius 1 is 1.14 bits per heavy atom. The highest BCUT2D eigenvalue weighted by atomic mass is 35.5. The Hall–Kier alpha value is -2.55. The molecule has 0 amide bonds. The van der Waals surface area contributed by atoms with Gasteiger partial charge in [-0.15, -0.1) is 10.2 Å². The smallest absolute Gasteiger partial charge is 0.210 e. The SMILES string of the molecule is Cc1ccc(-c2nnc(SCc3nc4ccc(Cl)cc4n3CCO)n2N)cc1. The maximum atomic E-state index is 9.43. The first-order chi connectivity index (χ1) is 13.6. The van der Waals surface area contributed by atoms with E-state index in [-0.39, 0.29) is 6.61 Å². The molecule has 0 bridgehead atoms. The van der Waals surface area contributed by atoms with Crippen molar-refractivity contribution in [1.29, 1.82) is 0 Å². The van der Waals surface area contributed by atoms with Gasteiger partial charge in [-0.2, -0.15) is 0 Å². The Labute approximate surface area is 171 Å². The molecule has 4 aromatic rings. The molecule has 2 heterocycles. The van der Waals surface area contributed by atoms with Gasteiger partial charge in [-0.25, -0.2) is 9.66 Å². The first kappa shape index (κ1) is 18.8. The number of aliphatic hydroxyl groups excluding tert-OH is 1. The molecule has 28 heavy (non-hydrogen) atoms. The molecule has 144 valence electrons. The molecule has 4 rings (SSSR count). The van der Waals surface area contributed by atoms with Crippen LogP contribution >= 0.6 is 23.4 Å². The number of nitrogen functional groups attached to an aromatic ring is 1. The Bertz CT molecular complexity index is 1120. The van der Waals surface area contributed by atoms with Crippen LogP contribution in [0.4, 0.5) is 0 Å². The molecule has 0 aliphatic carbocycles. The molecule has 0 aliphatic heterocycles. The van der Waals surface area contributed by atoms with Gasteiger partial charge in [0.15, 0.2) is 5.82 Å². The molecule has 0 radical (unpaired) electrons. The second kappa shape index (κ2) is 7.83. The number of fused-ring (bicyclic) bond motifs is 1. The number of aliphatic hydroxyl groups is 1. The average Bonchev–Trinajstić information content (AvgIpc) is 3.22. The highest BCUT2D eigenvalue weighted by Crippen LogP contribution is 2.27. The number of thioether (sulfide) groups is 1. The van der Waals surface area contributed by atoms with Crippen LogP contribution < -0.4 is 5.84 Å². The minimum atomic E-state index is 0.0142. The third-order valence-electron chi connectivity index (χ3n) is 4.42. The zero-order valence-electron chi connectivity index (χ0n) is 15.2. The molecule has 0 saturated heterocycles. The molecular formula is C19H19ClN6OS. The number of nitrogens with two attached hydrogens (primary N) is 1. The van der Waals surface area contributed by atoms with Crippen molar-refractivity contribution in [3.63, 3.8) is 0 Å². The minimum absolute atomic E-state index is 0.0142. The van der Waals surface area contributed by atoms with E-state index in [1.807, 2.05) is 54.0 Å². The number of nitrogens with zero attached hydrogens (tertiary/aromatic N) is 5. The molecular weight excluding hydrogens is 396 g/mol. The molecule has 0 fully saturated rings. The number of aromatic nitrogens is 5. The van der Waals surface area contributed by atoms with Gasteiger partial charge >= 0.3 is 0 Å². The van der Waals surface area contributed by atoms with Crippen molar-refractivity contribution in [1.82, 2.24) is 24.4 Å². The summed E-state index contributed by atoms with van der Waals surface area (Å²) >= 11 is 7.56. The summed E-state index contributed by atoms with van der Waals surface area (Å²) in [6.45, 7) is 2.49. The van der Waals surface area contributed by atoms with E-state index in [1.165, 1.54) is 22.0 Å². The molecule has 0 unspecified atom stereocenters. The average molecular weight is 415 g/mol.